The van der Waals surface area contributed by atoms with Gasteiger partial charge in [-0.1, -0.05) is 6.07 Å². The number of ether oxygens (including phenoxy) is 1. The molecule has 28 heavy (non-hydrogen) atoms. The number of carboxylic acid groups (broad SMARTS) is 1. The Balaban J connectivity index is 2.17. The Labute approximate surface area is 158 Å². The summed E-state index contributed by atoms with van der Waals surface area (Å²) in [4.78, 5) is 23.1. The second-order valence-electron chi connectivity index (χ2n) is 5.74. The van der Waals surface area contributed by atoms with Gasteiger partial charge in [0.15, 0.2) is 11.5 Å². The summed E-state index contributed by atoms with van der Waals surface area (Å²) < 4.78 is 40.0. The number of aliphatic carboxylic acids is 1. The zero-order valence-corrected chi connectivity index (χ0v) is 14.8. The van der Waals surface area contributed by atoms with Gasteiger partial charge in [0.1, 0.15) is 18.3 Å². The maximum absolute atomic E-state index is 12.0. The van der Waals surface area contributed by atoms with Crippen LogP contribution in [0.3, 0.4) is 0 Å². The van der Waals surface area contributed by atoms with Crippen LogP contribution < -0.4 is 0 Å². The Morgan fingerprint density at radius 2 is 1.86 bits per heavy atom. The Morgan fingerprint density at radius 3 is 2.43 bits per heavy atom. The number of hydrogen-bond donors (Lipinski definition) is 5. The fraction of sp³-hybridized carbons (Fsp3) is 0.250. The first kappa shape index (κ1) is 21.4. The zero-order valence-electron chi connectivity index (χ0n) is 14.0. The minimum atomic E-state index is -5.02. The standard InChI is InChI=1S/C16H16O11S/c17-10-3-1-8(5-11(10)18)2-4-14(20)26-13-7-9(16(21)22)6-12(19)15(13)27-28(23,24)25/h1-6,12-13,15,17-19H,7H2,(H,21,22)(H,23,24,25)/b4-2+. The number of aliphatic hydroxyl groups excluding tert-OH is 1. The summed E-state index contributed by atoms with van der Waals surface area (Å²) in [5.41, 5.74) is -0.0271. The number of hydrogen-bond acceptors (Lipinski definition) is 9. The van der Waals surface area contributed by atoms with Crippen molar-refractivity contribution < 1.29 is 51.9 Å². The third kappa shape index (κ3) is 5.79. The van der Waals surface area contributed by atoms with Crippen LogP contribution in [0.1, 0.15) is 12.0 Å². The van der Waals surface area contributed by atoms with Crippen molar-refractivity contribution in [3.8, 4) is 11.5 Å². The van der Waals surface area contributed by atoms with Gasteiger partial charge in [-0.15, -0.1) is 0 Å². The van der Waals surface area contributed by atoms with Gasteiger partial charge in [0.05, 0.1) is 0 Å². The maximum atomic E-state index is 12.0. The van der Waals surface area contributed by atoms with Gasteiger partial charge in [-0.2, -0.15) is 8.42 Å². The van der Waals surface area contributed by atoms with Crippen molar-refractivity contribution in [3.05, 3.63) is 41.5 Å². The molecule has 0 heterocycles. The van der Waals surface area contributed by atoms with E-state index in [0.717, 1.165) is 18.2 Å². The molecule has 11 nitrogen and oxygen atoms in total. The lowest BCUT2D eigenvalue weighted by Gasteiger charge is -2.31. The van der Waals surface area contributed by atoms with E-state index in [4.69, 9.17) is 14.4 Å². The van der Waals surface area contributed by atoms with Crippen LogP contribution in [0.25, 0.3) is 6.08 Å². The minimum Gasteiger partial charge on any atom is -0.504 e. The number of aromatic hydroxyl groups is 2. The Kier molecular flexibility index (Phi) is 6.41. The Bertz CT molecular complexity index is 932. The van der Waals surface area contributed by atoms with Crippen LogP contribution in [0.15, 0.2) is 35.9 Å². The molecule has 0 saturated carbocycles. The van der Waals surface area contributed by atoms with Crippen LogP contribution in [0, 0.1) is 0 Å². The second kappa shape index (κ2) is 8.39. The first-order valence-corrected chi connectivity index (χ1v) is 9.01. The van der Waals surface area contributed by atoms with Crippen molar-refractivity contribution in [2.24, 2.45) is 0 Å². The SMILES string of the molecule is O=C(/C=C/c1ccc(O)c(O)c1)OC1CC(C(=O)O)=CC(O)C1OS(=O)(=O)O. The summed E-state index contributed by atoms with van der Waals surface area (Å²) in [6, 6.07) is 3.70. The highest BCUT2D eigenvalue weighted by atomic mass is 32.3. The lowest BCUT2D eigenvalue weighted by Crippen LogP contribution is -2.46. The second-order valence-corrected chi connectivity index (χ2v) is 6.79. The number of benzene rings is 1. The lowest BCUT2D eigenvalue weighted by molar-refractivity contribution is -0.153. The van der Waals surface area contributed by atoms with Crippen LogP contribution in [0.4, 0.5) is 0 Å². The first-order valence-electron chi connectivity index (χ1n) is 7.64. The zero-order chi connectivity index (χ0) is 21.1. The van der Waals surface area contributed by atoms with Crippen molar-refractivity contribution in [1.29, 1.82) is 0 Å². The summed E-state index contributed by atoms with van der Waals surface area (Å²) in [5, 5.41) is 37.6. The van der Waals surface area contributed by atoms with Crippen LogP contribution in [0.2, 0.25) is 0 Å². The molecule has 12 heteroatoms. The van der Waals surface area contributed by atoms with E-state index in [0.29, 0.717) is 5.56 Å². The summed E-state index contributed by atoms with van der Waals surface area (Å²) >= 11 is 0. The number of carbonyl (C=O) groups is 2. The molecular formula is C16H16O11S. The van der Waals surface area contributed by atoms with Gasteiger partial charge >= 0.3 is 22.3 Å². The molecule has 0 saturated heterocycles. The molecule has 152 valence electrons. The van der Waals surface area contributed by atoms with Gasteiger partial charge in [-0.3, -0.25) is 4.55 Å². The number of phenolic OH excluding ortho intramolecular Hbond substituents is 2. The van der Waals surface area contributed by atoms with Gasteiger partial charge in [0.25, 0.3) is 0 Å². The van der Waals surface area contributed by atoms with E-state index in [1.165, 1.54) is 18.2 Å². The van der Waals surface area contributed by atoms with Gasteiger partial charge in [-0.25, -0.2) is 13.8 Å². The number of phenols is 2. The molecule has 1 aliphatic rings. The van der Waals surface area contributed by atoms with E-state index in [1.54, 1.807) is 0 Å². The molecule has 5 N–H and O–H groups in total. The van der Waals surface area contributed by atoms with E-state index in [1.807, 2.05) is 0 Å². The lowest BCUT2D eigenvalue weighted by atomic mass is 9.92. The third-order valence-electron chi connectivity index (χ3n) is 3.68. The van der Waals surface area contributed by atoms with Crippen molar-refractivity contribution in [2.75, 3.05) is 0 Å². The first-order chi connectivity index (χ1) is 13.0. The maximum Gasteiger partial charge on any atom is 0.397 e. The van der Waals surface area contributed by atoms with Crippen molar-refractivity contribution >= 4 is 28.4 Å². The molecule has 0 aromatic heterocycles. The molecule has 1 aromatic rings. The number of aliphatic hydroxyl groups is 1. The number of esters is 1. The summed E-state index contributed by atoms with van der Waals surface area (Å²) in [6.07, 6.45) is -2.64. The molecule has 1 aliphatic carbocycles. The topological polar surface area (TPSA) is 188 Å². The smallest absolute Gasteiger partial charge is 0.397 e. The van der Waals surface area contributed by atoms with E-state index < -0.39 is 52.8 Å². The molecule has 0 spiro atoms. The quantitative estimate of drug-likeness (QED) is 0.181. The third-order valence-corrected chi connectivity index (χ3v) is 4.15. The fourth-order valence-electron chi connectivity index (χ4n) is 2.45. The fourth-order valence-corrected chi connectivity index (χ4v) is 2.96. The van der Waals surface area contributed by atoms with Crippen molar-refractivity contribution in [3.63, 3.8) is 0 Å². The molecule has 0 radical (unpaired) electrons. The summed E-state index contributed by atoms with van der Waals surface area (Å²) in [6.45, 7) is 0. The average Bonchev–Trinajstić information content (AvgIpc) is 2.57. The molecule has 3 unspecified atom stereocenters. The van der Waals surface area contributed by atoms with Gasteiger partial charge in [0.2, 0.25) is 0 Å². The molecular weight excluding hydrogens is 400 g/mol. The van der Waals surface area contributed by atoms with Gasteiger partial charge in [-0.05, 0) is 29.8 Å². The minimum absolute atomic E-state index is 0.313. The number of carboxylic acids is 1. The van der Waals surface area contributed by atoms with E-state index in [2.05, 4.69) is 4.18 Å². The largest absolute Gasteiger partial charge is 0.504 e. The monoisotopic (exact) mass is 416 g/mol. The van der Waals surface area contributed by atoms with E-state index in [-0.39, 0.29) is 11.3 Å². The highest BCUT2D eigenvalue weighted by Crippen LogP contribution is 2.27. The average molecular weight is 416 g/mol. The van der Waals surface area contributed by atoms with Crippen LogP contribution >= 0.6 is 0 Å². The molecule has 2 rings (SSSR count). The van der Waals surface area contributed by atoms with Gasteiger partial charge < -0.3 is 25.2 Å². The van der Waals surface area contributed by atoms with Crippen molar-refractivity contribution in [2.45, 2.75) is 24.7 Å². The molecule has 0 amide bonds. The van der Waals surface area contributed by atoms with Crippen LogP contribution in [-0.4, -0.2) is 63.6 Å². The highest BCUT2D eigenvalue weighted by molar-refractivity contribution is 7.80. The predicted octanol–water partition coefficient (Wildman–Crippen LogP) is -0.0136. The molecule has 3 atom stereocenters. The van der Waals surface area contributed by atoms with E-state index >= 15 is 0 Å². The predicted molar refractivity (Wildman–Crippen MR) is 91.4 cm³/mol. The molecule has 0 bridgehead atoms. The highest BCUT2D eigenvalue weighted by Gasteiger charge is 2.40. The van der Waals surface area contributed by atoms with Gasteiger partial charge in [0, 0.05) is 18.1 Å². The Morgan fingerprint density at radius 1 is 1.18 bits per heavy atom. The number of carbonyl (C=O) groups excluding carboxylic acids is 1. The van der Waals surface area contributed by atoms with Crippen molar-refractivity contribution in [1.82, 2.24) is 0 Å². The normalized spacial score (nSPS) is 22.6. The van der Waals surface area contributed by atoms with Crippen LogP contribution in [0.5, 0.6) is 11.5 Å². The molecule has 1 aromatic carbocycles. The molecule has 0 aliphatic heterocycles. The van der Waals surface area contributed by atoms with Crippen LogP contribution in [-0.2, 0) is 28.9 Å². The molecule has 0 fully saturated rings. The number of rotatable bonds is 6. The van der Waals surface area contributed by atoms with E-state index in [9.17, 15) is 33.3 Å². The Hall–Kier alpha value is -2.93. The summed E-state index contributed by atoms with van der Waals surface area (Å²) in [5.74, 6) is -3.25. The summed E-state index contributed by atoms with van der Waals surface area (Å²) in [7, 11) is -5.02.